The molecule has 0 saturated heterocycles. The molecule has 1 aromatic rings. The number of hydrogen-bond donors (Lipinski definition) is 0. The molecule has 0 fully saturated rings. The predicted octanol–water partition coefficient (Wildman–Crippen LogP) is 1.43. The van der Waals surface area contributed by atoms with Gasteiger partial charge >= 0.3 is 130 Å². The number of carbonyl (C=O) groups is 2. The van der Waals surface area contributed by atoms with Gasteiger partial charge in [0.05, 0.1) is 0 Å². The van der Waals surface area contributed by atoms with Crippen LogP contribution in [0.5, 0.6) is 0 Å². The molecule has 0 radical (unpaired) electrons. The first kappa shape index (κ1) is 16.0. The van der Waals surface area contributed by atoms with Gasteiger partial charge in [-0.15, -0.1) is 0 Å². The first-order valence-electron chi connectivity index (χ1n) is 6.02. The Kier molecular flexibility index (Phi) is 4.67. The fourth-order valence-electron chi connectivity index (χ4n) is 1.83. The Hall–Kier alpha value is -1.42. The van der Waals surface area contributed by atoms with Crippen molar-refractivity contribution >= 4 is 49.9 Å². The molecule has 1 atom stereocenters. The zero-order chi connectivity index (χ0) is 15.6. The summed E-state index contributed by atoms with van der Waals surface area (Å²) in [6.45, 7) is 2.75. The van der Waals surface area contributed by atoms with E-state index in [1.54, 1.807) is 18.2 Å². The van der Waals surface area contributed by atoms with Gasteiger partial charge in [0.2, 0.25) is 0 Å². The maximum atomic E-state index is 12.4. The second-order valence-electron chi connectivity index (χ2n) is 4.20. The molecule has 0 aromatic heterocycles. The molecule has 1 aliphatic heterocycles. The predicted molar refractivity (Wildman–Crippen MR) is 87.6 cm³/mol. The average molecular weight is 421 g/mol. The standard InChI is InChI=1S/C13H14IN2O4S/c1-10(17)14(11(2)18)12-8-15-16(9-12)21(19,20)13-6-4-3-5-7-13/h3-9,12H,1-2H3/q+1. The van der Waals surface area contributed by atoms with Gasteiger partial charge in [0.1, 0.15) is 0 Å². The van der Waals surface area contributed by atoms with Gasteiger partial charge in [0, 0.05) is 0 Å². The van der Waals surface area contributed by atoms with Gasteiger partial charge in [-0.05, 0) is 0 Å². The number of nitrogens with zero attached hydrogens (tertiary/aromatic N) is 2. The van der Waals surface area contributed by atoms with Crippen LogP contribution in [0.3, 0.4) is 0 Å². The zero-order valence-corrected chi connectivity index (χ0v) is 14.4. The summed E-state index contributed by atoms with van der Waals surface area (Å²) in [6, 6.07) is 7.90. The molecule has 0 saturated carbocycles. The van der Waals surface area contributed by atoms with Gasteiger partial charge in [0.15, 0.2) is 0 Å². The minimum absolute atomic E-state index is 0.116. The fraction of sp³-hybridized carbons (Fsp3) is 0.231. The van der Waals surface area contributed by atoms with E-state index < -0.39 is 33.8 Å². The minimum atomic E-state index is -3.77. The second kappa shape index (κ2) is 6.14. The first-order valence-corrected chi connectivity index (χ1v) is 10.9. The van der Waals surface area contributed by atoms with Crippen LogP contribution in [0.15, 0.2) is 40.3 Å². The van der Waals surface area contributed by atoms with Gasteiger partial charge in [-0.2, -0.15) is 0 Å². The Morgan fingerprint density at radius 2 is 1.71 bits per heavy atom. The maximum absolute atomic E-state index is 12.4. The monoisotopic (exact) mass is 421 g/mol. The molecule has 21 heavy (non-hydrogen) atoms. The van der Waals surface area contributed by atoms with Crippen molar-refractivity contribution in [3.63, 3.8) is 0 Å². The van der Waals surface area contributed by atoms with E-state index in [0.717, 1.165) is 4.09 Å². The van der Waals surface area contributed by atoms with Crippen molar-refractivity contribution in [2.75, 3.05) is 0 Å². The number of halogens is 1. The summed E-state index contributed by atoms with van der Waals surface area (Å²) in [5.41, 5.74) is 0. The Morgan fingerprint density at radius 3 is 2.24 bits per heavy atom. The molecule has 1 aliphatic rings. The topological polar surface area (TPSA) is 83.7 Å². The summed E-state index contributed by atoms with van der Waals surface area (Å²) in [7, 11) is -3.77. The summed E-state index contributed by atoms with van der Waals surface area (Å²) >= 11 is -2.62. The quantitative estimate of drug-likeness (QED) is 0.312. The van der Waals surface area contributed by atoms with Crippen molar-refractivity contribution in [3.05, 3.63) is 30.3 Å². The van der Waals surface area contributed by atoms with Crippen molar-refractivity contribution in [2.24, 2.45) is 5.10 Å². The summed E-state index contributed by atoms with van der Waals surface area (Å²) in [5.74, 6) is 0. The average Bonchev–Trinajstić information content (AvgIpc) is 2.89. The van der Waals surface area contributed by atoms with Crippen LogP contribution >= 0.6 is 19.8 Å². The number of benzene rings is 1. The number of carbonyl (C=O) groups excluding carboxylic acids is 2. The summed E-state index contributed by atoms with van der Waals surface area (Å²) < 4.78 is 24.8. The van der Waals surface area contributed by atoms with E-state index in [4.69, 9.17) is 0 Å². The van der Waals surface area contributed by atoms with Crippen LogP contribution in [0.2, 0.25) is 0 Å². The number of alkyl halides is 1. The molecule has 112 valence electrons. The summed E-state index contributed by atoms with van der Waals surface area (Å²) in [5, 5.41) is 3.85. The van der Waals surface area contributed by atoms with E-state index in [0.29, 0.717) is 0 Å². The van der Waals surface area contributed by atoms with Gasteiger partial charge in [-0.1, -0.05) is 0 Å². The summed E-state index contributed by atoms with van der Waals surface area (Å²) in [4.78, 5) is 23.3. The molecule has 2 rings (SSSR count). The van der Waals surface area contributed by atoms with Crippen molar-refractivity contribution < 1.29 is 22.1 Å². The fourth-order valence-corrected chi connectivity index (χ4v) is 7.42. The Balaban J connectivity index is 2.37. The number of hydrogen-bond acceptors (Lipinski definition) is 5. The van der Waals surface area contributed by atoms with E-state index in [1.165, 1.54) is 38.4 Å². The molecule has 1 unspecified atom stereocenters. The van der Waals surface area contributed by atoms with Crippen LogP contribution in [-0.4, -0.2) is 36.4 Å². The Bertz CT molecular complexity index is 727. The third kappa shape index (κ3) is 3.26. The molecular weight excluding hydrogens is 407 g/mol. The second-order valence-corrected chi connectivity index (χ2v) is 12.3. The van der Waals surface area contributed by atoms with E-state index in [1.807, 2.05) is 0 Å². The molecule has 0 aliphatic carbocycles. The molecule has 0 spiro atoms. The van der Waals surface area contributed by atoms with E-state index in [-0.39, 0.29) is 12.5 Å². The SMILES string of the molecule is CC(=O)I(C(C)=O)C1C=N[N+](S(=O)(=O)c2ccccc2)=C1. The first-order chi connectivity index (χ1) is 9.84. The van der Waals surface area contributed by atoms with Crippen LogP contribution in [0.4, 0.5) is 0 Å². The van der Waals surface area contributed by atoms with Crippen molar-refractivity contribution in [1.29, 1.82) is 0 Å². The third-order valence-corrected chi connectivity index (χ3v) is 9.64. The molecule has 8 heteroatoms. The number of hydrazone groups is 1. The van der Waals surface area contributed by atoms with Crippen LogP contribution < -0.4 is 0 Å². The van der Waals surface area contributed by atoms with Gasteiger partial charge in [0.25, 0.3) is 0 Å². The van der Waals surface area contributed by atoms with Crippen molar-refractivity contribution in [3.8, 4) is 0 Å². The van der Waals surface area contributed by atoms with Crippen molar-refractivity contribution in [2.45, 2.75) is 22.7 Å². The van der Waals surface area contributed by atoms with Crippen molar-refractivity contribution in [1.82, 2.24) is 0 Å². The normalized spacial score (nSPS) is 18.3. The van der Waals surface area contributed by atoms with E-state index in [2.05, 4.69) is 5.10 Å². The molecule has 0 N–H and O–H groups in total. The van der Waals surface area contributed by atoms with E-state index >= 15 is 0 Å². The third-order valence-electron chi connectivity index (χ3n) is 2.71. The van der Waals surface area contributed by atoms with Crippen LogP contribution in [0.25, 0.3) is 0 Å². The number of sulfonamides is 1. The molecule has 0 bridgehead atoms. The molecule has 1 aromatic carbocycles. The zero-order valence-electron chi connectivity index (χ0n) is 11.4. The van der Waals surface area contributed by atoms with E-state index in [9.17, 15) is 18.0 Å². The molecule has 6 nitrogen and oxygen atoms in total. The summed E-state index contributed by atoms with van der Waals surface area (Å²) in [6.07, 6.45) is 2.74. The molecule has 1 heterocycles. The van der Waals surface area contributed by atoms with Gasteiger partial charge in [-0.25, -0.2) is 0 Å². The van der Waals surface area contributed by atoms with Crippen LogP contribution in [0.1, 0.15) is 13.8 Å². The van der Waals surface area contributed by atoms with Crippen LogP contribution in [0, 0.1) is 0 Å². The van der Waals surface area contributed by atoms with Crippen LogP contribution in [-0.2, 0) is 19.6 Å². The Labute approximate surface area is 130 Å². The Morgan fingerprint density at radius 1 is 1.14 bits per heavy atom. The van der Waals surface area contributed by atoms with Gasteiger partial charge < -0.3 is 0 Å². The van der Waals surface area contributed by atoms with Gasteiger partial charge in [-0.3, -0.25) is 0 Å². The molecule has 0 amide bonds. The number of rotatable bonds is 5. The molecular formula is C13H14IN2O4S+.